The molecule has 0 saturated carbocycles. The van der Waals surface area contributed by atoms with E-state index in [0.717, 1.165) is 28.8 Å². The SMILES string of the molecule is CC1CN(c2cccc(Br)c2C(=N)N)CC(C)N1C. The number of piperazine rings is 1. The molecule has 1 heterocycles. The minimum absolute atomic E-state index is 0.113. The highest BCUT2D eigenvalue weighted by molar-refractivity contribution is 9.10. The summed E-state index contributed by atoms with van der Waals surface area (Å²) in [5, 5.41) is 7.79. The van der Waals surface area contributed by atoms with Crippen LogP contribution in [0, 0.1) is 5.41 Å². The fourth-order valence-electron chi connectivity index (χ4n) is 2.64. The van der Waals surface area contributed by atoms with E-state index in [9.17, 15) is 0 Å². The summed E-state index contributed by atoms with van der Waals surface area (Å²) in [7, 11) is 2.17. The molecule has 0 radical (unpaired) electrons. The van der Waals surface area contributed by atoms with Crippen molar-refractivity contribution in [2.75, 3.05) is 25.0 Å². The molecule has 1 aliphatic rings. The average Bonchev–Trinajstić information content (AvgIpc) is 2.34. The Bertz CT molecular complexity index is 476. The van der Waals surface area contributed by atoms with E-state index in [1.54, 1.807) is 0 Å². The predicted molar refractivity (Wildman–Crippen MR) is 84.1 cm³/mol. The fourth-order valence-corrected chi connectivity index (χ4v) is 3.21. The Morgan fingerprint density at radius 1 is 1.32 bits per heavy atom. The molecule has 1 fully saturated rings. The number of benzene rings is 1. The molecule has 1 aromatic rings. The van der Waals surface area contributed by atoms with Crippen molar-refractivity contribution in [2.45, 2.75) is 25.9 Å². The van der Waals surface area contributed by atoms with Crippen LogP contribution in [0.25, 0.3) is 0 Å². The van der Waals surface area contributed by atoms with Crippen molar-refractivity contribution in [3.05, 3.63) is 28.2 Å². The molecule has 1 aliphatic heterocycles. The first-order valence-electron chi connectivity index (χ1n) is 6.51. The van der Waals surface area contributed by atoms with Gasteiger partial charge in [-0.05, 0) is 49.0 Å². The van der Waals surface area contributed by atoms with Gasteiger partial charge < -0.3 is 10.6 Å². The Hall–Kier alpha value is -1.07. The van der Waals surface area contributed by atoms with Crippen molar-refractivity contribution in [3.63, 3.8) is 0 Å². The quantitative estimate of drug-likeness (QED) is 0.648. The Kier molecular flexibility index (Phi) is 4.16. The third-order valence-corrected chi connectivity index (χ3v) is 4.62. The normalized spacial score (nSPS) is 24.5. The molecule has 0 aromatic heterocycles. The lowest BCUT2D eigenvalue weighted by molar-refractivity contribution is 0.170. The number of likely N-dealkylation sites (N-methyl/N-ethyl adjacent to an activating group) is 1. The maximum atomic E-state index is 7.79. The Labute approximate surface area is 123 Å². The van der Waals surface area contributed by atoms with Gasteiger partial charge in [-0.15, -0.1) is 0 Å². The van der Waals surface area contributed by atoms with Crippen LogP contribution in [0.15, 0.2) is 22.7 Å². The zero-order valence-electron chi connectivity index (χ0n) is 11.7. The number of nitrogens with one attached hydrogen (secondary N) is 1. The minimum atomic E-state index is 0.113. The molecule has 0 aliphatic carbocycles. The number of hydrogen-bond acceptors (Lipinski definition) is 3. The van der Waals surface area contributed by atoms with E-state index >= 15 is 0 Å². The molecular formula is C14H21BrN4. The Morgan fingerprint density at radius 2 is 1.89 bits per heavy atom. The monoisotopic (exact) mass is 324 g/mol. The molecule has 2 unspecified atom stereocenters. The van der Waals surface area contributed by atoms with Crippen LogP contribution in [0.4, 0.5) is 5.69 Å². The lowest BCUT2D eigenvalue weighted by atomic mass is 10.1. The zero-order chi connectivity index (χ0) is 14.2. The molecule has 1 aromatic carbocycles. The van der Waals surface area contributed by atoms with Crippen LogP contribution in [0.2, 0.25) is 0 Å². The number of nitrogen functional groups attached to an aromatic ring is 1. The second-order valence-electron chi connectivity index (χ2n) is 5.32. The first-order chi connectivity index (χ1) is 8.91. The summed E-state index contributed by atoms with van der Waals surface area (Å²) in [6.45, 7) is 6.37. The lowest BCUT2D eigenvalue weighted by Crippen LogP contribution is -2.55. The van der Waals surface area contributed by atoms with Crippen LogP contribution in [0.1, 0.15) is 19.4 Å². The molecule has 0 amide bonds. The van der Waals surface area contributed by atoms with Crippen LogP contribution < -0.4 is 10.6 Å². The highest BCUT2D eigenvalue weighted by atomic mass is 79.9. The first-order valence-corrected chi connectivity index (χ1v) is 7.31. The third kappa shape index (κ3) is 2.77. The van der Waals surface area contributed by atoms with Crippen molar-refractivity contribution < 1.29 is 0 Å². The van der Waals surface area contributed by atoms with Crippen molar-refractivity contribution in [1.29, 1.82) is 5.41 Å². The van der Waals surface area contributed by atoms with E-state index in [4.69, 9.17) is 11.1 Å². The first kappa shape index (κ1) is 14.3. The van der Waals surface area contributed by atoms with E-state index < -0.39 is 0 Å². The highest BCUT2D eigenvalue weighted by Crippen LogP contribution is 2.30. The van der Waals surface area contributed by atoms with E-state index in [-0.39, 0.29) is 5.84 Å². The van der Waals surface area contributed by atoms with Gasteiger partial charge in [-0.3, -0.25) is 10.3 Å². The molecule has 4 nitrogen and oxygen atoms in total. The van der Waals surface area contributed by atoms with E-state index in [1.807, 2.05) is 18.2 Å². The second-order valence-corrected chi connectivity index (χ2v) is 6.17. The molecule has 19 heavy (non-hydrogen) atoms. The van der Waals surface area contributed by atoms with Crippen molar-refractivity contribution in [1.82, 2.24) is 4.90 Å². The number of anilines is 1. The van der Waals surface area contributed by atoms with E-state index in [2.05, 4.69) is 46.6 Å². The van der Waals surface area contributed by atoms with Gasteiger partial charge in [0.05, 0.1) is 5.56 Å². The van der Waals surface area contributed by atoms with Crippen LogP contribution in [-0.2, 0) is 0 Å². The Morgan fingerprint density at radius 3 is 2.42 bits per heavy atom. The lowest BCUT2D eigenvalue weighted by Gasteiger charge is -2.44. The molecule has 5 heteroatoms. The number of hydrogen-bond donors (Lipinski definition) is 2. The van der Waals surface area contributed by atoms with Gasteiger partial charge in [0, 0.05) is 35.3 Å². The Balaban J connectivity index is 2.37. The molecule has 0 spiro atoms. The standard InChI is InChI=1S/C14H21BrN4/c1-9-7-19(8-10(2)18(9)3)12-6-4-5-11(15)13(12)14(16)17/h4-6,9-10H,7-8H2,1-3H3,(H3,16,17). The average molecular weight is 325 g/mol. The molecular weight excluding hydrogens is 304 g/mol. The summed E-state index contributed by atoms with van der Waals surface area (Å²) >= 11 is 3.50. The van der Waals surface area contributed by atoms with Gasteiger partial charge in [0.1, 0.15) is 5.84 Å². The number of nitrogens with zero attached hydrogens (tertiary/aromatic N) is 2. The van der Waals surface area contributed by atoms with Gasteiger partial charge >= 0.3 is 0 Å². The largest absolute Gasteiger partial charge is 0.384 e. The van der Waals surface area contributed by atoms with Gasteiger partial charge in [-0.2, -0.15) is 0 Å². The molecule has 1 saturated heterocycles. The van der Waals surface area contributed by atoms with Gasteiger partial charge in [0.2, 0.25) is 0 Å². The molecule has 104 valence electrons. The summed E-state index contributed by atoms with van der Waals surface area (Å²) in [6, 6.07) is 6.96. The number of nitrogens with two attached hydrogens (primary N) is 1. The van der Waals surface area contributed by atoms with Crippen molar-refractivity contribution in [3.8, 4) is 0 Å². The predicted octanol–water partition coefficient (Wildman–Crippen LogP) is 2.26. The van der Waals surface area contributed by atoms with Crippen LogP contribution in [0.5, 0.6) is 0 Å². The third-order valence-electron chi connectivity index (χ3n) is 3.96. The highest BCUT2D eigenvalue weighted by Gasteiger charge is 2.28. The van der Waals surface area contributed by atoms with Crippen LogP contribution >= 0.6 is 15.9 Å². The van der Waals surface area contributed by atoms with E-state index in [1.165, 1.54) is 0 Å². The summed E-state index contributed by atoms with van der Waals surface area (Å²) in [5.41, 5.74) is 7.58. The smallest absolute Gasteiger partial charge is 0.126 e. The van der Waals surface area contributed by atoms with Crippen molar-refractivity contribution >= 4 is 27.5 Å². The minimum Gasteiger partial charge on any atom is -0.384 e. The molecule has 2 rings (SSSR count). The van der Waals surface area contributed by atoms with Gasteiger partial charge in [-0.1, -0.05) is 6.07 Å². The molecule has 2 atom stereocenters. The summed E-state index contributed by atoms with van der Waals surface area (Å²) in [6.07, 6.45) is 0. The maximum absolute atomic E-state index is 7.79. The van der Waals surface area contributed by atoms with Gasteiger partial charge in [0.25, 0.3) is 0 Å². The summed E-state index contributed by atoms with van der Waals surface area (Å²) in [5.74, 6) is 0.113. The molecule has 3 N–H and O–H groups in total. The number of amidine groups is 1. The van der Waals surface area contributed by atoms with Crippen LogP contribution in [0.3, 0.4) is 0 Å². The number of halogens is 1. The van der Waals surface area contributed by atoms with Gasteiger partial charge in [0.15, 0.2) is 0 Å². The van der Waals surface area contributed by atoms with Gasteiger partial charge in [-0.25, -0.2) is 0 Å². The maximum Gasteiger partial charge on any atom is 0.126 e. The summed E-state index contributed by atoms with van der Waals surface area (Å²) in [4.78, 5) is 4.72. The van der Waals surface area contributed by atoms with Crippen molar-refractivity contribution in [2.24, 2.45) is 5.73 Å². The fraction of sp³-hybridized carbons (Fsp3) is 0.500. The zero-order valence-corrected chi connectivity index (χ0v) is 13.2. The molecule has 0 bridgehead atoms. The second kappa shape index (κ2) is 5.51. The summed E-state index contributed by atoms with van der Waals surface area (Å²) < 4.78 is 0.886. The topological polar surface area (TPSA) is 56.4 Å². The number of rotatable bonds is 2. The van der Waals surface area contributed by atoms with E-state index in [0.29, 0.717) is 12.1 Å². The van der Waals surface area contributed by atoms with Crippen LogP contribution in [-0.4, -0.2) is 43.0 Å².